The molecule has 3 aromatic rings. The minimum absolute atomic E-state index is 0.792. The lowest BCUT2D eigenvalue weighted by atomic mass is 10.1. The minimum atomic E-state index is 0.792. The summed E-state index contributed by atoms with van der Waals surface area (Å²) in [5, 5.41) is 7.80. The SMILES string of the molecule is CCc1cccc(NCc2cnn3ccccc23)c1. The Morgan fingerprint density at radius 2 is 2.11 bits per heavy atom. The summed E-state index contributed by atoms with van der Waals surface area (Å²) in [6.07, 6.45) is 4.95. The molecule has 2 aromatic heterocycles. The van der Waals surface area contributed by atoms with Gasteiger partial charge in [0.25, 0.3) is 0 Å². The van der Waals surface area contributed by atoms with E-state index in [1.54, 1.807) is 0 Å². The molecule has 0 radical (unpaired) electrons. The van der Waals surface area contributed by atoms with E-state index in [1.807, 2.05) is 29.0 Å². The third-order valence-corrected chi connectivity index (χ3v) is 3.32. The number of nitrogens with one attached hydrogen (secondary N) is 1. The van der Waals surface area contributed by atoms with Gasteiger partial charge in [-0.3, -0.25) is 0 Å². The molecule has 0 atom stereocenters. The molecule has 0 aliphatic rings. The molecule has 0 saturated carbocycles. The topological polar surface area (TPSA) is 29.3 Å². The van der Waals surface area contributed by atoms with Gasteiger partial charge in [-0.1, -0.05) is 25.1 Å². The molecule has 3 heteroatoms. The highest BCUT2D eigenvalue weighted by molar-refractivity contribution is 5.55. The van der Waals surface area contributed by atoms with Gasteiger partial charge >= 0.3 is 0 Å². The Morgan fingerprint density at radius 1 is 1.16 bits per heavy atom. The molecule has 0 fully saturated rings. The average molecular weight is 251 g/mol. The normalized spacial score (nSPS) is 10.8. The molecule has 3 rings (SSSR count). The summed E-state index contributed by atoms with van der Waals surface area (Å²) in [5.74, 6) is 0. The summed E-state index contributed by atoms with van der Waals surface area (Å²) in [4.78, 5) is 0. The fourth-order valence-corrected chi connectivity index (χ4v) is 2.22. The Hall–Kier alpha value is -2.29. The summed E-state index contributed by atoms with van der Waals surface area (Å²) in [5.41, 5.74) is 4.88. The van der Waals surface area contributed by atoms with Gasteiger partial charge in [0, 0.05) is 24.0 Å². The van der Waals surface area contributed by atoms with Crippen LogP contribution in [-0.2, 0) is 13.0 Å². The van der Waals surface area contributed by atoms with Crippen molar-refractivity contribution in [3.05, 3.63) is 66.0 Å². The van der Waals surface area contributed by atoms with Crippen LogP contribution in [-0.4, -0.2) is 9.61 Å². The van der Waals surface area contributed by atoms with Gasteiger partial charge in [-0.2, -0.15) is 5.10 Å². The molecule has 0 bridgehead atoms. The first kappa shape index (κ1) is 11.8. The van der Waals surface area contributed by atoms with Crippen molar-refractivity contribution in [1.29, 1.82) is 0 Å². The fourth-order valence-electron chi connectivity index (χ4n) is 2.22. The van der Waals surface area contributed by atoms with Crippen LogP contribution in [0.3, 0.4) is 0 Å². The highest BCUT2D eigenvalue weighted by Gasteiger charge is 2.02. The maximum absolute atomic E-state index is 4.34. The summed E-state index contributed by atoms with van der Waals surface area (Å²) >= 11 is 0. The van der Waals surface area contributed by atoms with E-state index in [4.69, 9.17) is 0 Å². The Labute approximate surface area is 112 Å². The number of aromatic nitrogens is 2. The van der Waals surface area contributed by atoms with Gasteiger partial charge in [-0.25, -0.2) is 4.52 Å². The van der Waals surface area contributed by atoms with Crippen LogP contribution in [0, 0.1) is 0 Å². The molecule has 0 aliphatic carbocycles. The molecule has 0 spiro atoms. The molecule has 0 unspecified atom stereocenters. The molecule has 1 aromatic carbocycles. The van der Waals surface area contributed by atoms with Crippen LogP contribution in [0.2, 0.25) is 0 Å². The first-order chi connectivity index (χ1) is 9.36. The van der Waals surface area contributed by atoms with Crippen LogP contribution in [0.15, 0.2) is 54.9 Å². The molecule has 19 heavy (non-hydrogen) atoms. The van der Waals surface area contributed by atoms with E-state index in [0.29, 0.717) is 0 Å². The number of hydrogen-bond acceptors (Lipinski definition) is 2. The summed E-state index contributed by atoms with van der Waals surface area (Å²) in [6.45, 7) is 2.96. The second kappa shape index (κ2) is 5.14. The predicted octanol–water partition coefficient (Wildman–Crippen LogP) is 3.51. The molecular weight excluding hydrogens is 234 g/mol. The number of pyridine rings is 1. The molecule has 0 aliphatic heterocycles. The van der Waals surface area contributed by atoms with Gasteiger partial charge in [-0.05, 0) is 36.2 Å². The number of hydrogen-bond donors (Lipinski definition) is 1. The lowest BCUT2D eigenvalue weighted by Gasteiger charge is -2.07. The fraction of sp³-hybridized carbons (Fsp3) is 0.188. The zero-order chi connectivity index (χ0) is 13.1. The van der Waals surface area contributed by atoms with E-state index in [-0.39, 0.29) is 0 Å². The zero-order valence-corrected chi connectivity index (χ0v) is 11.0. The van der Waals surface area contributed by atoms with E-state index in [9.17, 15) is 0 Å². The van der Waals surface area contributed by atoms with Crippen molar-refractivity contribution in [3.63, 3.8) is 0 Å². The van der Waals surface area contributed by atoms with Crippen molar-refractivity contribution >= 4 is 11.2 Å². The van der Waals surface area contributed by atoms with Crippen molar-refractivity contribution in [3.8, 4) is 0 Å². The van der Waals surface area contributed by atoms with E-state index in [2.05, 4.69) is 47.7 Å². The highest BCUT2D eigenvalue weighted by atomic mass is 15.2. The van der Waals surface area contributed by atoms with Crippen molar-refractivity contribution in [2.24, 2.45) is 0 Å². The number of fused-ring (bicyclic) bond motifs is 1. The van der Waals surface area contributed by atoms with Gasteiger partial charge in [0.05, 0.1) is 11.7 Å². The van der Waals surface area contributed by atoms with E-state index >= 15 is 0 Å². The van der Waals surface area contributed by atoms with E-state index < -0.39 is 0 Å². The zero-order valence-electron chi connectivity index (χ0n) is 11.0. The molecule has 3 nitrogen and oxygen atoms in total. The Kier molecular flexibility index (Phi) is 3.19. The Morgan fingerprint density at radius 3 is 3.00 bits per heavy atom. The summed E-state index contributed by atoms with van der Waals surface area (Å²) < 4.78 is 1.90. The summed E-state index contributed by atoms with van der Waals surface area (Å²) in [6, 6.07) is 14.7. The second-order valence-corrected chi connectivity index (χ2v) is 4.61. The van der Waals surface area contributed by atoms with Crippen LogP contribution in [0.1, 0.15) is 18.1 Å². The van der Waals surface area contributed by atoms with Crippen molar-refractivity contribution in [1.82, 2.24) is 9.61 Å². The van der Waals surface area contributed by atoms with Gasteiger partial charge in [-0.15, -0.1) is 0 Å². The van der Waals surface area contributed by atoms with Crippen LogP contribution < -0.4 is 5.32 Å². The minimum Gasteiger partial charge on any atom is -0.381 e. The van der Waals surface area contributed by atoms with Gasteiger partial charge in [0.1, 0.15) is 0 Å². The van der Waals surface area contributed by atoms with Crippen molar-refractivity contribution in [2.75, 3.05) is 5.32 Å². The number of rotatable bonds is 4. The maximum atomic E-state index is 4.34. The van der Waals surface area contributed by atoms with Crippen LogP contribution in [0.4, 0.5) is 5.69 Å². The monoisotopic (exact) mass is 251 g/mol. The average Bonchev–Trinajstić information content (AvgIpc) is 2.89. The van der Waals surface area contributed by atoms with Crippen LogP contribution in [0.5, 0.6) is 0 Å². The van der Waals surface area contributed by atoms with Crippen molar-refractivity contribution in [2.45, 2.75) is 19.9 Å². The first-order valence-corrected chi connectivity index (χ1v) is 6.61. The lowest BCUT2D eigenvalue weighted by Crippen LogP contribution is -1.99. The quantitative estimate of drug-likeness (QED) is 0.769. The third kappa shape index (κ3) is 2.45. The van der Waals surface area contributed by atoms with Gasteiger partial charge < -0.3 is 5.32 Å². The number of nitrogens with zero attached hydrogens (tertiary/aromatic N) is 2. The number of benzene rings is 1. The third-order valence-electron chi connectivity index (χ3n) is 3.32. The van der Waals surface area contributed by atoms with E-state index in [0.717, 1.165) is 24.2 Å². The molecule has 96 valence electrons. The predicted molar refractivity (Wildman–Crippen MR) is 78.3 cm³/mol. The molecule has 0 amide bonds. The maximum Gasteiger partial charge on any atom is 0.0711 e. The van der Waals surface area contributed by atoms with Gasteiger partial charge in [0.15, 0.2) is 0 Å². The molecule has 0 saturated heterocycles. The molecule has 1 N–H and O–H groups in total. The lowest BCUT2D eigenvalue weighted by molar-refractivity contribution is 0.961. The molecular formula is C16H17N3. The van der Waals surface area contributed by atoms with E-state index in [1.165, 1.54) is 11.1 Å². The van der Waals surface area contributed by atoms with Crippen LogP contribution in [0.25, 0.3) is 5.52 Å². The summed E-state index contributed by atoms with van der Waals surface area (Å²) in [7, 11) is 0. The number of aryl methyl sites for hydroxylation is 1. The standard InChI is InChI=1S/C16H17N3/c1-2-13-6-5-7-15(10-13)17-11-14-12-18-19-9-4-3-8-16(14)19/h3-10,12,17H,2,11H2,1H3. The molecule has 2 heterocycles. The van der Waals surface area contributed by atoms with Crippen molar-refractivity contribution < 1.29 is 0 Å². The number of anilines is 1. The second-order valence-electron chi connectivity index (χ2n) is 4.61. The van der Waals surface area contributed by atoms with Gasteiger partial charge in [0.2, 0.25) is 0 Å². The Bertz CT molecular complexity index is 685. The smallest absolute Gasteiger partial charge is 0.0711 e. The largest absolute Gasteiger partial charge is 0.381 e. The first-order valence-electron chi connectivity index (χ1n) is 6.61. The highest BCUT2D eigenvalue weighted by Crippen LogP contribution is 2.15. The van der Waals surface area contributed by atoms with Crippen LogP contribution >= 0.6 is 0 Å². The Balaban J connectivity index is 1.78.